The molecule has 0 spiro atoms. The van der Waals surface area contributed by atoms with Crippen LogP contribution in [-0.4, -0.2) is 0 Å². The Morgan fingerprint density at radius 2 is 1.33 bits per heavy atom. The van der Waals surface area contributed by atoms with Crippen LogP contribution in [0.5, 0.6) is 0 Å². The summed E-state index contributed by atoms with van der Waals surface area (Å²) >= 11 is 0. The van der Waals surface area contributed by atoms with Crippen LogP contribution in [0.25, 0.3) is 0 Å². The fraction of sp³-hybridized carbons (Fsp3) is 0.759. The predicted molar refractivity (Wildman–Crippen MR) is 131 cm³/mol. The van der Waals surface area contributed by atoms with Gasteiger partial charge in [0.2, 0.25) is 0 Å². The molecular weight excluding hydrogens is 362 g/mol. The van der Waals surface area contributed by atoms with E-state index in [0.717, 1.165) is 12.3 Å². The van der Waals surface area contributed by atoms with E-state index in [1.165, 1.54) is 114 Å². The zero-order valence-corrected chi connectivity index (χ0v) is 20.0. The molecule has 0 radical (unpaired) electrons. The normalized spacial score (nSPS) is 20.0. The van der Waals surface area contributed by atoms with Gasteiger partial charge in [-0.15, -0.1) is 0 Å². The van der Waals surface area contributed by atoms with E-state index in [1.807, 2.05) is 0 Å². The van der Waals surface area contributed by atoms with Crippen LogP contribution in [0.3, 0.4) is 0 Å². The summed E-state index contributed by atoms with van der Waals surface area (Å²) in [5.74, 6) is 1.75. The Balaban J connectivity index is 1.68. The maximum Gasteiger partial charge on any atom is 0.0662 e. The van der Waals surface area contributed by atoms with Crippen molar-refractivity contribution in [3.05, 3.63) is 35.4 Å². The van der Waals surface area contributed by atoms with Crippen LogP contribution < -0.4 is 0 Å². The van der Waals surface area contributed by atoms with Gasteiger partial charge < -0.3 is 0 Å². The van der Waals surface area contributed by atoms with E-state index in [0.29, 0.717) is 5.92 Å². The molecule has 0 aliphatic heterocycles. The number of hydrogen-bond donors (Lipinski definition) is 0. The van der Waals surface area contributed by atoms with Gasteiger partial charge in [0.05, 0.1) is 12.0 Å². The van der Waals surface area contributed by atoms with Crippen molar-refractivity contribution in [1.29, 1.82) is 5.26 Å². The highest BCUT2D eigenvalue weighted by Crippen LogP contribution is 2.37. The van der Waals surface area contributed by atoms with E-state index in [1.54, 1.807) is 0 Å². The van der Waals surface area contributed by atoms with Crippen molar-refractivity contribution in [3.63, 3.8) is 0 Å². The van der Waals surface area contributed by atoms with Crippen molar-refractivity contribution in [2.24, 2.45) is 17.8 Å². The van der Waals surface area contributed by atoms with E-state index in [9.17, 15) is 5.26 Å². The van der Waals surface area contributed by atoms with Gasteiger partial charge in [-0.05, 0) is 55.1 Å². The molecule has 0 N–H and O–H groups in total. The molecular formula is C29H47N. The highest BCUT2D eigenvalue weighted by atomic mass is 14.4. The lowest BCUT2D eigenvalue weighted by Gasteiger charge is -2.31. The Labute approximate surface area is 187 Å². The number of nitrogens with zero attached hydrogens (tertiary/aromatic N) is 1. The molecule has 1 aromatic rings. The zero-order valence-electron chi connectivity index (χ0n) is 20.0. The lowest BCUT2D eigenvalue weighted by Crippen LogP contribution is -2.22. The Hall–Kier alpha value is -1.29. The van der Waals surface area contributed by atoms with Crippen molar-refractivity contribution >= 4 is 0 Å². The van der Waals surface area contributed by atoms with E-state index in [2.05, 4.69) is 44.2 Å². The molecule has 1 fully saturated rings. The van der Waals surface area contributed by atoms with Crippen molar-refractivity contribution in [2.75, 3.05) is 0 Å². The van der Waals surface area contributed by atoms with Crippen molar-refractivity contribution in [3.8, 4) is 6.07 Å². The summed E-state index contributed by atoms with van der Waals surface area (Å²) in [6.07, 6.45) is 22.5. The first-order valence-electron chi connectivity index (χ1n) is 13.2. The average Bonchev–Trinajstić information content (AvgIpc) is 2.78. The summed E-state index contributed by atoms with van der Waals surface area (Å²) in [6, 6.07) is 11.8. The van der Waals surface area contributed by atoms with E-state index >= 15 is 0 Å². The van der Waals surface area contributed by atoms with Gasteiger partial charge in [0, 0.05) is 0 Å². The molecule has 0 aromatic heterocycles. The summed E-state index contributed by atoms with van der Waals surface area (Å²) in [5, 5.41) is 9.82. The summed E-state index contributed by atoms with van der Waals surface area (Å²) < 4.78 is 0. The second-order valence-electron chi connectivity index (χ2n) is 9.90. The van der Waals surface area contributed by atoms with E-state index in [4.69, 9.17) is 0 Å². The third-order valence-corrected chi connectivity index (χ3v) is 7.39. The van der Waals surface area contributed by atoms with Gasteiger partial charge in [-0.3, -0.25) is 0 Å². The third kappa shape index (κ3) is 9.68. The van der Waals surface area contributed by atoms with E-state index in [-0.39, 0.29) is 5.92 Å². The smallest absolute Gasteiger partial charge is 0.0662 e. The number of rotatable bonds is 15. The largest absolute Gasteiger partial charge is 0.198 e. The summed E-state index contributed by atoms with van der Waals surface area (Å²) in [7, 11) is 0. The molecule has 1 aliphatic carbocycles. The molecule has 1 aromatic carbocycles. The minimum absolute atomic E-state index is 0.204. The summed E-state index contributed by atoms with van der Waals surface area (Å²) in [6.45, 7) is 4.56. The van der Waals surface area contributed by atoms with Crippen LogP contribution in [-0.2, 0) is 12.8 Å². The summed E-state index contributed by atoms with van der Waals surface area (Å²) in [4.78, 5) is 0. The predicted octanol–water partition coefficient (Wildman–Crippen LogP) is 9.05. The van der Waals surface area contributed by atoms with Gasteiger partial charge in [0.1, 0.15) is 0 Å². The first-order chi connectivity index (χ1) is 14.8. The van der Waals surface area contributed by atoms with Gasteiger partial charge in [0.25, 0.3) is 0 Å². The minimum atomic E-state index is 0.204. The standard InChI is InChI=1S/C29H47N/c1-3-5-7-9-11-13-25-15-17-27(18-16-25)23-29(24-30)28-21-19-26(20-22-28)14-12-10-8-6-4-2/h15-18,26,28-29H,3-14,19-23H2,1-2H3/t26-,28-,29?. The molecule has 1 saturated carbocycles. The molecule has 1 unspecified atom stereocenters. The molecule has 0 saturated heterocycles. The molecule has 30 heavy (non-hydrogen) atoms. The maximum atomic E-state index is 9.82. The fourth-order valence-electron chi connectivity index (χ4n) is 5.26. The topological polar surface area (TPSA) is 23.8 Å². The minimum Gasteiger partial charge on any atom is -0.198 e. The van der Waals surface area contributed by atoms with Crippen LogP contribution in [0.15, 0.2) is 24.3 Å². The second kappa shape index (κ2) is 15.5. The molecule has 168 valence electrons. The monoisotopic (exact) mass is 409 g/mol. The number of nitriles is 1. The molecule has 0 heterocycles. The van der Waals surface area contributed by atoms with Gasteiger partial charge in [-0.2, -0.15) is 5.26 Å². The lowest BCUT2D eigenvalue weighted by atomic mass is 9.73. The SMILES string of the molecule is CCCCCCCc1ccc(CC(C#N)[C@H]2CC[C@H](CCCCCCC)CC2)cc1. The molecule has 0 amide bonds. The first-order valence-corrected chi connectivity index (χ1v) is 13.2. The number of unbranched alkanes of at least 4 members (excludes halogenated alkanes) is 8. The van der Waals surface area contributed by atoms with Gasteiger partial charge in [-0.25, -0.2) is 0 Å². The van der Waals surface area contributed by atoms with Crippen molar-refractivity contribution in [1.82, 2.24) is 0 Å². The summed E-state index contributed by atoms with van der Waals surface area (Å²) in [5.41, 5.74) is 2.82. The van der Waals surface area contributed by atoms with Gasteiger partial charge in [0.15, 0.2) is 0 Å². The zero-order chi connectivity index (χ0) is 21.4. The third-order valence-electron chi connectivity index (χ3n) is 7.39. The Morgan fingerprint density at radius 3 is 1.93 bits per heavy atom. The lowest BCUT2D eigenvalue weighted by molar-refractivity contribution is 0.220. The van der Waals surface area contributed by atoms with Gasteiger partial charge >= 0.3 is 0 Å². The van der Waals surface area contributed by atoms with Crippen LogP contribution in [0.1, 0.15) is 121 Å². The Morgan fingerprint density at radius 1 is 0.767 bits per heavy atom. The fourth-order valence-corrected chi connectivity index (χ4v) is 5.26. The van der Waals surface area contributed by atoms with Crippen LogP contribution in [0.2, 0.25) is 0 Å². The van der Waals surface area contributed by atoms with E-state index < -0.39 is 0 Å². The van der Waals surface area contributed by atoms with Crippen LogP contribution in [0.4, 0.5) is 0 Å². The molecule has 1 aliphatic rings. The van der Waals surface area contributed by atoms with Gasteiger partial charge in [-0.1, -0.05) is 115 Å². The quantitative estimate of drug-likeness (QED) is 0.265. The average molecular weight is 410 g/mol. The highest BCUT2D eigenvalue weighted by molar-refractivity contribution is 5.24. The molecule has 1 heteroatoms. The Kier molecular flexibility index (Phi) is 12.9. The number of benzene rings is 1. The molecule has 1 atom stereocenters. The molecule has 2 rings (SSSR count). The van der Waals surface area contributed by atoms with Crippen LogP contribution in [0, 0.1) is 29.1 Å². The molecule has 1 nitrogen and oxygen atoms in total. The number of aryl methyl sites for hydroxylation is 1. The van der Waals surface area contributed by atoms with Crippen LogP contribution >= 0.6 is 0 Å². The Bertz CT molecular complexity index is 573. The second-order valence-corrected chi connectivity index (χ2v) is 9.90. The highest BCUT2D eigenvalue weighted by Gasteiger charge is 2.27. The van der Waals surface area contributed by atoms with Crippen molar-refractivity contribution in [2.45, 2.75) is 123 Å². The maximum absolute atomic E-state index is 9.82. The number of hydrogen-bond acceptors (Lipinski definition) is 1. The first kappa shape index (κ1) is 25.0. The van der Waals surface area contributed by atoms with Crippen molar-refractivity contribution < 1.29 is 0 Å². The molecule has 0 bridgehead atoms.